The summed E-state index contributed by atoms with van der Waals surface area (Å²) in [6.07, 6.45) is 7.81. The van der Waals surface area contributed by atoms with E-state index in [0.717, 1.165) is 42.1 Å². The zero-order valence-corrected chi connectivity index (χ0v) is 14.8. The monoisotopic (exact) mass is 349 g/mol. The highest BCUT2D eigenvalue weighted by molar-refractivity contribution is 6.12. The molecule has 0 unspecified atom stereocenters. The highest BCUT2D eigenvalue weighted by atomic mass is 16.2. The Kier molecular flexibility index (Phi) is 3.69. The molecule has 5 heteroatoms. The summed E-state index contributed by atoms with van der Waals surface area (Å²) in [5.74, 6) is -0.0567. The predicted octanol–water partition coefficient (Wildman–Crippen LogP) is 3.42. The van der Waals surface area contributed by atoms with Crippen LogP contribution in [0, 0.1) is 0 Å². The SMILES string of the molecule is O=C(NC1CC1)c1c2c(nc3ccccc13)C(=O)N(C1CCCCC1)C2. The van der Waals surface area contributed by atoms with Crippen molar-refractivity contribution in [3.05, 3.63) is 41.1 Å². The maximum atomic E-state index is 13.1. The lowest BCUT2D eigenvalue weighted by Crippen LogP contribution is -2.37. The average molecular weight is 349 g/mol. The molecule has 0 atom stereocenters. The Morgan fingerprint density at radius 2 is 1.85 bits per heavy atom. The number of para-hydroxylation sites is 1. The summed E-state index contributed by atoms with van der Waals surface area (Å²) in [4.78, 5) is 32.7. The average Bonchev–Trinajstić information content (AvgIpc) is 3.43. The van der Waals surface area contributed by atoms with E-state index in [1.54, 1.807) is 0 Å². The molecule has 0 saturated heterocycles. The largest absolute Gasteiger partial charge is 0.349 e. The number of rotatable bonds is 3. The molecule has 0 radical (unpaired) electrons. The van der Waals surface area contributed by atoms with Crippen LogP contribution in [0.3, 0.4) is 0 Å². The fourth-order valence-corrected chi connectivity index (χ4v) is 4.39. The number of fused-ring (bicyclic) bond motifs is 2. The Balaban J connectivity index is 1.60. The van der Waals surface area contributed by atoms with Gasteiger partial charge in [-0.15, -0.1) is 0 Å². The molecular weight excluding hydrogens is 326 g/mol. The fourth-order valence-electron chi connectivity index (χ4n) is 4.39. The van der Waals surface area contributed by atoms with Crippen LogP contribution in [-0.4, -0.2) is 33.8 Å². The summed E-state index contributed by atoms with van der Waals surface area (Å²) < 4.78 is 0. The number of aromatic nitrogens is 1. The zero-order valence-electron chi connectivity index (χ0n) is 14.8. The second-order valence-electron chi connectivity index (χ2n) is 7.80. The molecule has 3 aliphatic rings. The van der Waals surface area contributed by atoms with Gasteiger partial charge in [-0.2, -0.15) is 0 Å². The second-order valence-corrected chi connectivity index (χ2v) is 7.80. The van der Waals surface area contributed by atoms with E-state index >= 15 is 0 Å². The van der Waals surface area contributed by atoms with Crippen LogP contribution in [-0.2, 0) is 6.54 Å². The molecule has 5 rings (SSSR count). The van der Waals surface area contributed by atoms with Crippen LogP contribution in [0.25, 0.3) is 10.9 Å². The van der Waals surface area contributed by atoms with Crippen LogP contribution in [0.5, 0.6) is 0 Å². The quantitative estimate of drug-likeness (QED) is 0.923. The van der Waals surface area contributed by atoms with E-state index in [4.69, 9.17) is 0 Å². The van der Waals surface area contributed by atoms with Gasteiger partial charge in [-0.3, -0.25) is 9.59 Å². The van der Waals surface area contributed by atoms with Gasteiger partial charge in [-0.25, -0.2) is 4.98 Å². The summed E-state index contributed by atoms with van der Waals surface area (Å²) in [7, 11) is 0. The minimum Gasteiger partial charge on any atom is -0.349 e. The molecule has 2 amide bonds. The lowest BCUT2D eigenvalue weighted by molar-refractivity contribution is 0.0655. The third-order valence-corrected chi connectivity index (χ3v) is 5.94. The topological polar surface area (TPSA) is 62.3 Å². The zero-order chi connectivity index (χ0) is 17.7. The summed E-state index contributed by atoms with van der Waals surface area (Å²) in [5, 5.41) is 3.95. The molecule has 0 spiro atoms. The van der Waals surface area contributed by atoms with Crippen molar-refractivity contribution < 1.29 is 9.59 Å². The molecule has 26 heavy (non-hydrogen) atoms. The Morgan fingerprint density at radius 3 is 2.62 bits per heavy atom. The number of hydrogen-bond donors (Lipinski definition) is 1. The predicted molar refractivity (Wildman–Crippen MR) is 99.0 cm³/mol. The second kappa shape index (κ2) is 6.08. The first-order chi connectivity index (χ1) is 12.7. The highest BCUT2D eigenvalue weighted by Crippen LogP contribution is 2.35. The number of amides is 2. The van der Waals surface area contributed by atoms with Crippen LogP contribution >= 0.6 is 0 Å². The third-order valence-electron chi connectivity index (χ3n) is 5.94. The first kappa shape index (κ1) is 15.8. The van der Waals surface area contributed by atoms with Crippen LogP contribution in [0.15, 0.2) is 24.3 Å². The van der Waals surface area contributed by atoms with E-state index in [0.29, 0.717) is 17.8 Å². The van der Waals surface area contributed by atoms with Gasteiger partial charge in [0.1, 0.15) is 5.69 Å². The van der Waals surface area contributed by atoms with Gasteiger partial charge in [-0.05, 0) is 31.7 Å². The maximum Gasteiger partial charge on any atom is 0.273 e. The Morgan fingerprint density at radius 1 is 1.08 bits per heavy atom. The lowest BCUT2D eigenvalue weighted by Gasteiger charge is -2.30. The molecule has 2 saturated carbocycles. The van der Waals surface area contributed by atoms with Crippen LogP contribution < -0.4 is 5.32 Å². The van der Waals surface area contributed by atoms with E-state index in [-0.39, 0.29) is 23.9 Å². The van der Waals surface area contributed by atoms with Gasteiger partial charge >= 0.3 is 0 Å². The van der Waals surface area contributed by atoms with Gasteiger partial charge in [-0.1, -0.05) is 37.5 Å². The lowest BCUT2D eigenvalue weighted by atomic mass is 9.94. The minimum absolute atomic E-state index is 0.00174. The van der Waals surface area contributed by atoms with Crippen molar-refractivity contribution in [2.45, 2.75) is 63.6 Å². The molecule has 5 nitrogen and oxygen atoms in total. The van der Waals surface area contributed by atoms with Crippen molar-refractivity contribution in [1.29, 1.82) is 0 Å². The van der Waals surface area contributed by atoms with Crippen molar-refractivity contribution in [2.75, 3.05) is 0 Å². The molecule has 2 heterocycles. The first-order valence-corrected chi connectivity index (χ1v) is 9.76. The summed E-state index contributed by atoms with van der Waals surface area (Å²) in [5.41, 5.74) is 2.68. The smallest absolute Gasteiger partial charge is 0.273 e. The number of nitrogens with one attached hydrogen (secondary N) is 1. The third kappa shape index (κ3) is 2.57. The van der Waals surface area contributed by atoms with Gasteiger partial charge < -0.3 is 10.2 Å². The summed E-state index contributed by atoms with van der Waals surface area (Å²) in [6, 6.07) is 8.24. The molecule has 2 aliphatic carbocycles. The first-order valence-electron chi connectivity index (χ1n) is 9.76. The maximum absolute atomic E-state index is 13.1. The Hall–Kier alpha value is -2.43. The molecule has 1 N–H and O–H groups in total. The van der Waals surface area contributed by atoms with Gasteiger partial charge in [0, 0.05) is 29.6 Å². The van der Waals surface area contributed by atoms with E-state index in [2.05, 4.69) is 10.3 Å². The molecular formula is C21H23N3O2. The van der Waals surface area contributed by atoms with Crippen molar-refractivity contribution in [1.82, 2.24) is 15.2 Å². The molecule has 0 bridgehead atoms. The van der Waals surface area contributed by atoms with Crippen molar-refractivity contribution >= 4 is 22.7 Å². The van der Waals surface area contributed by atoms with Crippen LogP contribution in [0.2, 0.25) is 0 Å². The number of nitrogens with zero attached hydrogens (tertiary/aromatic N) is 2. The van der Waals surface area contributed by atoms with Gasteiger partial charge in [0.05, 0.1) is 11.1 Å². The fraction of sp³-hybridized carbons (Fsp3) is 0.476. The van der Waals surface area contributed by atoms with Crippen molar-refractivity contribution in [3.63, 3.8) is 0 Å². The molecule has 2 fully saturated rings. The summed E-state index contributed by atoms with van der Waals surface area (Å²) >= 11 is 0. The van der Waals surface area contributed by atoms with Crippen molar-refractivity contribution in [2.24, 2.45) is 0 Å². The number of hydrogen-bond acceptors (Lipinski definition) is 3. The van der Waals surface area contributed by atoms with E-state index in [9.17, 15) is 9.59 Å². The van der Waals surface area contributed by atoms with E-state index in [1.807, 2.05) is 29.2 Å². The highest BCUT2D eigenvalue weighted by Gasteiger charge is 2.38. The molecule has 1 aromatic heterocycles. The van der Waals surface area contributed by atoms with Gasteiger partial charge in [0.25, 0.3) is 11.8 Å². The van der Waals surface area contributed by atoms with Crippen LogP contribution in [0.1, 0.15) is 71.4 Å². The van der Waals surface area contributed by atoms with E-state index in [1.165, 1.54) is 19.3 Å². The number of pyridine rings is 1. The Bertz CT molecular complexity index is 898. The van der Waals surface area contributed by atoms with Crippen molar-refractivity contribution in [3.8, 4) is 0 Å². The van der Waals surface area contributed by atoms with Gasteiger partial charge in [0.15, 0.2) is 0 Å². The van der Waals surface area contributed by atoms with Gasteiger partial charge in [0.2, 0.25) is 0 Å². The van der Waals surface area contributed by atoms with Crippen LogP contribution in [0.4, 0.5) is 0 Å². The Labute approximate surface area is 152 Å². The minimum atomic E-state index is -0.0550. The molecule has 1 aliphatic heterocycles. The number of carbonyl (C=O) groups is 2. The molecule has 134 valence electrons. The normalized spacial score (nSPS) is 20.5. The number of benzene rings is 1. The summed E-state index contributed by atoms with van der Waals surface area (Å²) in [6.45, 7) is 0.518. The molecule has 1 aromatic carbocycles. The van der Waals surface area contributed by atoms with E-state index < -0.39 is 0 Å². The standard InChI is InChI=1S/C21H23N3O2/c25-20(22-13-10-11-13)18-15-8-4-5-9-17(15)23-19-16(18)12-24(21(19)26)14-6-2-1-3-7-14/h4-5,8-9,13-14H,1-3,6-7,10-12H2,(H,22,25). The molecule has 2 aromatic rings. The number of carbonyl (C=O) groups excluding carboxylic acids is 2.